The molecule has 1 unspecified atom stereocenters. The molecule has 0 spiro atoms. The first kappa shape index (κ1) is 13.5. The van der Waals surface area contributed by atoms with Crippen LogP contribution in [0.5, 0.6) is 0 Å². The Balaban J connectivity index is 1.70. The number of likely N-dealkylation sites (tertiary alicyclic amines) is 1. The van der Waals surface area contributed by atoms with E-state index in [9.17, 15) is 4.79 Å². The van der Waals surface area contributed by atoms with Gasteiger partial charge < -0.3 is 9.42 Å². The van der Waals surface area contributed by atoms with Gasteiger partial charge in [-0.3, -0.25) is 9.20 Å². The Kier molecular flexibility index (Phi) is 3.22. The first-order chi connectivity index (χ1) is 10.7. The number of fused-ring (bicyclic) bond motifs is 1. The Morgan fingerprint density at radius 2 is 2.36 bits per heavy atom. The SMILES string of the molecule is Cc1cc(C(=O)N2CCCCC2c2ncn3ccsc23)no1. The van der Waals surface area contributed by atoms with Gasteiger partial charge in [-0.05, 0) is 26.2 Å². The highest BCUT2D eigenvalue weighted by Gasteiger charge is 2.32. The van der Waals surface area contributed by atoms with E-state index in [0.29, 0.717) is 11.5 Å². The molecule has 3 aromatic heterocycles. The van der Waals surface area contributed by atoms with Crippen LogP contribution >= 0.6 is 11.3 Å². The van der Waals surface area contributed by atoms with Gasteiger partial charge >= 0.3 is 0 Å². The van der Waals surface area contributed by atoms with Gasteiger partial charge in [0.2, 0.25) is 0 Å². The van der Waals surface area contributed by atoms with Crippen molar-refractivity contribution in [3.8, 4) is 0 Å². The summed E-state index contributed by atoms with van der Waals surface area (Å²) >= 11 is 1.66. The minimum Gasteiger partial charge on any atom is -0.361 e. The van der Waals surface area contributed by atoms with Crippen LogP contribution in [-0.2, 0) is 0 Å². The van der Waals surface area contributed by atoms with E-state index in [1.165, 1.54) is 0 Å². The van der Waals surface area contributed by atoms with Crippen molar-refractivity contribution in [3.63, 3.8) is 0 Å². The molecule has 3 aromatic rings. The molecule has 0 saturated carbocycles. The molecule has 1 fully saturated rings. The summed E-state index contributed by atoms with van der Waals surface area (Å²) in [5.74, 6) is 0.582. The number of aromatic nitrogens is 3. The van der Waals surface area contributed by atoms with Crippen molar-refractivity contribution < 1.29 is 9.32 Å². The van der Waals surface area contributed by atoms with Crippen LogP contribution in [0.1, 0.15) is 47.2 Å². The fraction of sp³-hybridized carbons (Fsp3) is 0.400. The maximum Gasteiger partial charge on any atom is 0.276 e. The average molecular weight is 316 g/mol. The molecule has 1 aliphatic rings. The van der Waals surface area contributed by atoms with E-state index < -0.39 is 0 Å². The molecule has 1 atom stereocenters. The molecule has 1 saturated heterocycles. The molecular weight excluding hydrogens is 300 g/mol. The molecular formula is C15H16N4O2S. The monoisotopic (exact) mass is 316 g/mol. The minimum absolute atomic E-state index is 0.0157. The summed E-state index contributed by atoms with van der Waals surface area (Å²) in [6, 6.07) is 1.71. The highest BCUT2D eigenvalue weighted by atomic mass is 32.1. The first-order valence-corrected chi connectivity index (χ1v) is 8.26. The van der Waals surface area contributed by atoms with Crippen LogP contribution in [0, 0.1) is 6.92 Å². The zero-order valence-corrected chi connectivity index (χ0v) is 13.0. The standard InChI is InChI=1S/C15H16N4O2S/c1-10-8-11(17-21-10)14(20)19-5-3-2-4-12(19)13-15-18(9-16-13)6-7-22-15/h6-9,12H,2-5H2,1H3. The van der Waals surface area contributed by atoms with Crippen LogP contribution in [0.15, 0.2) is 28.5 Å². The molecule has 4 rings (SSSR count). The van der Waals surface area contributed by atoms with Gasteiger partial charge in [0.1, 0.15) is 16.9 Å². The van der Waals surface area contributed by atoms with Gasteiger partial charge in [-0.25, -0.2) is 4.98 Å². The van der Waals surface area contributed by atoms with Crippen LogP contribution in [0.3, 0.4) is 0 Å². The molecule has 0 bridgehead atoms. The Labute approximate surface area is 131 Å². The molecule has 7 heteroatoms. The quantitative estimate of drug-likeness (QED) is 0.729. The number of amides is 1. The van der Waals surface area contributed by atoms with E-state index in [-0.39, 0.29) is 11.9 Å². The van der Waals surface area contributed by atoms with E-state index in [1.807, 2.05) is 27.2 Å². The molecule has 0 N–H and O–H groups in total. The Hall–Kier alpha value is -2.15. The summed E-state index contributed by atoms with van der Waals surface area (Å²) < 4.78 is 7.06. The normalized spacial score (nSPS) is 19.0. The predicted molar refractivity (Wildman–Crippen MR) is 81.9 cm³/mol. The number of hydrogen-bond donors (Lipinski definition) is 0. The average Bonchev–Trinajstić information content (AvgIpc) is 3.22. The highest BCUT2D eigenvalue weighted by Crippen LogP contribution is 2.34. The van der Waals surface area contributed by atoms with E-state index in [0.717, 1.165) is 36.3 Å². The van der Waals surface area contributed by atoms with Crippen molar-refractivity contribution in [2.45, 2.75) is 32.2 Å². The number of carbonyl (C=O) groups is 1. The lowest BCUT2D eigenvalue weighted by Gasteiger charge is -2.34. The zero-order valence-electron chi connectivity index (χ0n) is 12.2. The Morgan fingerprint density at radius 1 is 1.45 bits per heavy atom. The van der Waals surface area contributed by atoms with Crippen molar-refractivity contribution in [1.82, 2.24) is 19.4 Å². The molecule has 0 radical (unpaired) electrons. The van der Waals surface area contributed by atoms with Gasteiger partial charge in [0.05, 0.1) is 11.7 Å². The van der Waals surface area contributed by atoms with Crippen LogP contribution in [-0.4, -0.2) is 31.9 Å². The van der Waals surface area contributed by atoms with Crippen LogP contribution in [0.25, 0.3) is 4.83 Å². The highest BCUT2D eigenvalue weighted by molar-refractivity contribution is 7.15. The molecule has 4 heterocycles. The summed E-state index contributed by atoms with van der Waals surface area (Å²) in [6.07, 6.45) is 6.87. The van der Waals surface area contributed by atoms with Crippen LogP contribution in [0.2, 0.25) is 0 Å². The molecule has 1 aliphatic heterocycles. The Bertz CT molecular complexity index is 818. The number of hydrogen-bond acceptors (Lipinski definition) is 5. The maximum absolute atomic E-state index is 12.8. The van der Waals surface area contributed by atoms with Crippen molar-refractivity contribution in [2.75, 3.05) is 6.54 Å². The van der Waals surface area contributed by atoms with Gasteiger partial charge in [0, 0.05) is 24.2 Å². The lowest BCUT2D eigenvalue weighted by molar-refractivity contribution is 0.0598. The molecule has 6 nitrogen and oxygen atoms in total. The summed E-state index contributed by atoms with van der Waals surface area (Å²) in [4.78, 5) is 20.3. The number of imidazole rings is 1. The maximum atomic E-state index is 12.8. The van der Waals surface area contributed by atoms with E-state index in [4.69, 9.17) is 4.52 Å². The summed E-state index contributed by atoms with van der Waals surface area (Å²) in [7, 11) is 0. The van der Waals surface area contributed by atoms with Gasteiger partial charge in [-0.15, -0.1) is 11.3 Å². The lowest BCUT2D eigenvalue weighted by Crippen LogP contribution is -2.38. The summed E-state index contributed by atoms with van der Waals surface area (Å²) in [6.45, 7) is 2.53. The minimum atomic E-state index is -0.0701. The van der Waals surface area contributed by atoms with Gasteiger partial charge in [0.25, 0.3) is 5.91 Å². The van der Waals surface area contributed by atoms with Crippen molar-refractivity contribution in [1.29, 1.82) is 0 Å². The van der Waals surface area contributed by atoms with Crippen LogP contribution < -0.4 is 0 Å². The predicted octanol–water partition coefficient (Wildman–Crippen LogP) is 3.06. The number of rotatable bonds is 2. The second-order valence-electron chi connectivity index (χ2n) is 5.58. The van der Waals surface area contributed by atoms with Gasteiger partial charge in [0.15, 0.2) is 5.69 Å². The molecule has 0 aromatic carbocycles. The topological polar surface area (TPSA) is 63.6 Å². The first-order valence-electron chi connectivity index (χ1n) is 7.38. The second kappa shape index (κ2) is 5.24. The molecule has 0 aliphatic carbocycles. The lowest BCUT2D eigenvalue weighted by atomic mass is 9.99. The molecule has 1 amide bonds. The molecule has 22 heavy (non-hydrogen) atoms. The fourth-order valence-corrected chi connectivity index (χ4v) is 3.91. The van der Waals surface area contributed by atoms with Crippen LogP contribution in [0.4, 0.5) is 0 Å². The van der Waals surface area contributed by atoms with Gasteiger partial charge in [-0.2, -0.15) is 0 Å². The van der Waals surface area contributed by atoms with Gasteiger partial charge in [-0.1, -0.05) is 5.16 Å². The summed E-state index contributed by atoms with van der Waals surface area (Å²) in [5, 5.41) is 5.91. The third-order valence-corrected chi connectivity index (χ3v) is 5.00. The van der Waals surface area contributed by atoms with E-state index in [2.05, 4.69) is 10.1 Å². The number of thiazole rings is 1. The van der Waals surface area contributed by atoms with Crippen molar-refractivity contribution in [2.24, 2.45) is 0 Å². The van der Waals surface area contributed by atoms with Crippen molar-refractivity contribution >= 4 is 22.1 Å². The smallest absolute Gasteiger partial charge is 0.276 e. The zero-order chi connectivity index (χ0) is 15.1. The number of piperidine rings is 1. The number of carbonyl (C=O) groups excluding carboxylic acids is 1. The second-order valence-corrected chi connectivity index (χ2v) is 6.47. The third kappa shape index (κ3) is 2.12. The summed E-state index contributed by atoms with van der Waals surface area (Å²) in [5.41, 5.74) is 1.37. The fourth-order valence-electron chi connectivity index (χ4n) is 3.05. The largest absolute Gasteiger partial charge is 0.361 e. The van der Waals surface area contributed by atoms with Crippen molar-refractivity contribution in [3.05, 3.63) is 41.1 Å². The number of nitrogens with zero attached hydrogens (tertiary/aromatic N) is 4. The van der Waals surface area contributed by atoms with E-state index in [1.54, 1.807) is 24.3 Å². The Morgan fingerprint density at radius 3 is 3.18 bits per heavy atom. The number of aryl methyl sites for hydroxylation is 1. The third-order valence-electron chi connectivity index (χ3n) is 4.10. The van der Waals surface area contributed by atoms with E-state index >= 15 is 0 Å². The molecule has 114 valence electrons.